The molecule has 0 bridgehead atoms. The molecule has 2 aromatic carbocycles. The Morgan fingerprint density at radius 1 is 1.06 bits per heavy atom. The molecule has 5 nitrogen and oxygen atoms in total. The number of fused-ring (bicyclic) bond motifs is 1. The first-order valence-corrected chi connectivity index (χ1v) is 9.39. The summed E-state index contributed by atoms with van der Waals surface area (Å²) in [5.74, 6) is -0.332. The third kappa shape index (κ3) is 4.37. The number of amides is 1. The van der Waals surface area contributed by atoms with Crippen LogP contribution in [0.5, 0.6) is 0 Å². The van der Waals surface area contributed by atoms with Gasteiger partial charge >= 0.3 is 6.18 Å². The normalized spacial score (nSPS) is 11.9. The van der Waals surface area contributed by atoms with Crippen molar-refractivity contribution in [2.24, 2.45) is 0 Å². The number of halogens is 3. The highest BCUT2D eigenvalue weighted by Crippen LogP contribution is 2.33. The fourth-order valence-corrected chi connectivity index (χ4v) is 3.12. The summed E-state index contributed by atoms with van der Waals surface area (Å²) in [4.78, 5) is 16.9. The molecule has 8 heteroatoms. The minimum absolute atomic E-state index is 0.153. The first-order valence-electron chi connectivity index (χ1n) is 9.39. The van der Waals surface area contributed by atoms with Crippen LogP contribution >= 0.6 is 0 Å². The highest BCUT2D eigenvalue weighted by Gasteiger charge is 2.30. The van der Waals surface area contributed by atoms with Crippen molar-refractivity contribution in [1.82, 2.24) is 4.98 Å². The smallest absolute Gasteiger partial charge is 0.416 e. The number of alkyl halides is 3. The fraction of sp³-hybridized carbons (Fsp3) is 0.0417. The van der Waals surface area contributed by atoms with Gasteiger partial charge in [-0.25, -0.2) is 0 Å². The minimum Gasteiger partial charge on any atom is -0.457 e. The van der Waals surface area contributed by atoms with E-state index < -0.39 is 17.6 Å². The Balaban J connectivity index is 1.59. The third-order valence-corrected chi connectivity index (χ3v) is 4.63. The zero-order valence-electron chi connectivity index (χ0n) is 16.4. The van der Waals surface area contributed by atoms with Crippen LogP contribution in [0, 0.1) is 11.3 Å². The Morgan fingerprint density at radius 3 is 2.62 bits per heavy atom. The first-order chi connectivity index (χ1) is 15.3. The SMILES string of the molecule is N#C/C(=C/c1ccc(-c2cccc(C(F)(F)F)c2)o1)C(=O)Nc1cccc2cccnc12. The van der Waals surface area contributed by atoms with Crippen LogP contribution in [0.15, 0.2) is 82.9 Å². The summed E-state index contributed by atoms with van der Waals surface area (Å²) in [5.41, 5.74) is 0.209. The molecule has 158 valence electrons. The molecule has 1 amide bonds. The number of aromatic nitrogens is 1. The van der Waals surface area contributed by atoms with Crippen molar-refractivity contribution in [3.8, 4) is 17.4 Å². The maximum Gasteiger partial charge on any atom is 0.416 e. The predicted molar refractivity (Wildman–Crippen MR) is 113 cm³/mol. The van der Waals surface area contributed by atoms with E-state index in [9.17, 15) is 23.2 Å². The summed E-state index contributed by atoms with van der Waals surface area (Å²) in [6.45, 7) is 0. The van der Waals surface area contributed by atoms with Gasteiger partial charge in [0.15, 0.2) is 0 Å². The molecule has 0 aliphatic rings. The lowest BCUT2D eigenvalue weighted by Gasteiger charge is -2.07. The second kappa shape index (κ2) is 8.40. The lowest BCUT2D eigenvalue weighted by atomic mass is 10.1. The summed E-state index contributed by atoms with van der Waals surface area (Å²) in [5, 5.41) is 12.9. The molecule has 0 radical (unpaired) electrons. The number of rotatable bonds is 4. The topological polar surface area (TPSA) is 78.9 Å². The van der Waals surface area contributed by atoms with Crippen molar-refractivity contribution in [1.29, 1.82) is 5.26 Å². The number of carbonyl (C=O) groups excluding carboxylic acids is 1. The molecule has 1 N–H and O–H groups in total. The number of hydrogen-bond acceptors (Lipinski definition) is 4. The summed E-state index contributed by atoms with van der Waals surface area (Å²) in [7, 11) is 0. The van der Waals surface area contributed by atoms with Crippen molar-refractivity contribution >= 4 is 28.6 Å². The number of carbonyl (C=O) groups is 1. The van der Waals surface area contributed by atoms with Crippen molar-refractivity contribution in [2.75, 3.05) is 5.32 Å². The molecule has 0 spiro atoms. The van der Waals surface area contributed by atoms with Gasteiger partial charge in [0.2, 0.25) is 0 Å². The van der Waals surface area contributed by atoms with E-state index in [-0.39, 0.29) is 22.7 Å². The van der Waals surface area contributed by atoms with Gasteiger partial charge in [0.1, 0.15) is 23.2 Å². The van der Waals surface area contributed by atoms with Crippen molar-refractivity contribution < 1.29 is 22.4 Å². The van der Waals surface area contributed by atoms with Gasteiger partial charge in [-0.05, 0) is 36.4 Å². The molecule has 0 fully saturated rings. The molecule has 0 saturated carbocycles. The van der Waals surface area contributed by atoms with E-state index in [0.717, 1.165) is 17.5 Å². The van der Waals surface area contributed by atoms with Crippen LogP contribution in [-0.2, 0) is 11.0 Å². The van der Waals surface area contributed by atoms with Gasteiger partial charge in [0.05, 0.1) is 16.8 Å². The second-order valence-electron chi connectivity index (χ2n) is 6.79. The zero-order valence-corrected chi connectivity index (χ0v) is 16.4. The van der Waals surface area contributed by atoms with Crippen LogP contribution < -0.4 is 5.32 Å². The third-order valence-electron chi connectivity index (χ3n) is 4.63. The lowest BCUT2D eigenvalue weighted by molar-refractivity contribution is -0.137. The van der Waals surface area contributed by atoms with E-state index in [1.54, 1.807) is 24.4 Å². The molecular formula is C24H14F3N3O2. The maximum atomic E-state index is 12.9. The fourth-order valence-electron chi connectivity index (χ4n) is 3.12. The Labute approximate surface area is 180 Å². The van der Waals surface area contributed by atoms with E-state index in [1.807, 2.05) is 18.2 Å². The van der Waals surface area contributed by atoms with Crippen LogP contribution in [-0.4, -0.2) is 10.9 Å². The van der Waals surface area contributed by atoms with Crippen LogP contribution in [0.25, 0.3) is 28.3 Å². The van der Waals surface area contributed by atoms with Crippen LogP contribution in [0.3, 0.4) is 0 Å². The number of hydrogen-bond donors (Lipinski definition) is 1. The predicted octanol–water partition coefficient (Wildman–Crippen LogP) is 6.06. The van der Waals surface area contributed by atoms with Gasteiger partial charge in [-0.2, -0.15) is 18.4 Å². The number of nitrogens with zero attached hydrogens (tertiary/aromatic N) is 2. The van der Waals surface area contributed by atoms with Crippen LogP contribution in [0.1, 0.15) is 11.3 Å². The number of para-hydroxylation sites is 1. The molecular weight excluding hydrogens is 419 g/mol. The summed E-state index contributed by atoms with van der Waals surface area (Å²) in [6, 6.07) is 18.3. The standard InChI is InChI=1S/C24H14F3N3O2/c25-24(26,27)18-7-1-5-16(12-18)21-10-9-19(32-21)13-17(14-28)23(31)30-20-8-2-4-15-6-3-11-29-22(15)20/h1-13H,(H,30,31)/b17-13-. The van der Waals surface area contributed by atoms with Gasteiger partial charge in [-0.1, -0.05) is 30.3 Å². The molecule has 2 heterocycles. The first kappa shape index (κ1) is 20.9. The number of nitrogens with one attached hydrogen (secondary N) is 1. The molecule has 0 saturated heterocycles. The Kier molecular flexibility index (Phi) is 5.48. The molecule has 4 rings (SSSR count). The summed E-state index contributed by atoms with van der Waals surface area (Å²) >= 11 is 0. The monoisotopic (exact) mass is 433 g/mol. The number of nitriles is 1. The largest absolute Gasteiger partial charge is 0.457 e. The molecule has 0 unspecified atom stereocenters. The van der Waals surface area contributed by atoms with Gasteiger partial charge in [0, 0.05) is 23.2 Å². The van der Waals surface area contributed by atoms with Crippen molar-refractivity contribution in [3.05, 3.63) is 89.8 Å². The van der Waals surface area contributed by atoms with Crippen LogP contribution in [0.4, 0.5) is 18.9 Å². The molecule has 32 heavy (non-hydrogen) atoms. The zero-order chi connectivity index (χ0) is 22.7. The minimum atomic E-state index is -4.48. The van der Waals surface area contributed by atoms with E-state index in [0.29, 0.717) is 11.2 Å². The summed E-state index contributed by atoms with van der Waals surface area (Å²) in [6.07, 6.45) is -1.66. The lowest BCUT2D eigenvalue weighted by Crippen LogP contribution is -2.13. The van der Waals surface area contributed by atoms with Gasteiger partial charge < -0.3 is 9.73 Å². The molecule has 2 aromatic heterocycles. The Morgan fingerprint density at radius 2 is 1.84 bits per heavy atom. The highest BCUT2D eigenvalue weighted by molar-refractivity contribution is 6.12. The van der Waals surface area contributed by atoms with Gasteiger partial charge in [-0.15, -0.1) is 0 Å². The number of anilines is 1. The quantitative estimate of drug-likeness (QED) is 0.313. The van der Waals surface area contributed by atoms with Gasteiger partial charge in [0.25, 0.3) is 5.91 Å². The maximum absolute atomic E-state index is 12.9. The van der Waals surface area contributed by atoms with E-state index in [1.165, 1.54) is 30.3 Å². The van der Waals surface area contributed by atoms with E-state index in [2.05, 4.69) is 10.3 Å². The number of pyridine rings is 1. The van der Waals surface area contributed by atoms with Crippen LogP contribution in [0.2, 0.25) is 0 Å². The number of benzene rings is 2. The molecule has 0 aliphatic carbocycles. The summed E-state index contributed by atoms with van der Waals surface area (Å²) < 4.78 is 44.4. The van der Waals surface area contributed by atoms with Gasteiger partial charge in [-0.3, -0.25) is 9.78 Å². The number of furan rings is 1. The molecule has 0 atom stereocenters. The van der Waals surface area contributed by atoms with Crippen molar-refractivity contribution in [2.45, 2.75) is 6.18 Å². The molecule has 0 aliphatic heterocycles. The highest BCUT2D eigenvalue weighted by atomic mass is 19.4. The average molecular weight is 433 g/mol. The van der Waals surface area contributed by atoms with Crippen molar-refractivity contribution in [3.63, 3.8) is 0 Å². The molecule has 4 aromatic rings. The Hall–Kier alpha value is -4.38. The van der Waals surface area contributed by atoms with E-state index in [4.69, 9.17) is 4.42 Å². The average Bonchev–Trinajstić information content (AvgIpc) is 3.26. The van der Waals surface area contributed by atoms with E-state index >= 15 is 0 Å². The second-order valence-corrected chi connectivity index (χ2v) is 6.79. The Bertz CT molecular complexity index is 1380.